The highest BCUT2D eigenvalue weighted by atomic mass is 19.1. The molecule has 162 valence electrons. The minimum Gasteiger partial charge on any atom is -0.465 e. The molecular weight excluding hydrogens is 403 g/mol. The quantitative estimate of drug-likeness (QED) is 0.751. The van der Waals surface area contributed by atoms with Crippen LogP contribution in [0.2, 0.25) is 0 Å². The minimum absolute atomic E-state index is 0.00718. The van der Waals surface area contributed by atoms with E-state index in [1.54, 1.807) is 11.2 Å². The smallest absolute Gasteiger partial charge is 0.255 e. The van der Waals surface area contributed by atoms with Gasteiger partial charge < -0.3 is 15.4 Å². The summed E-state index contributed by atoms with van der Waals surface area (Å²) < 4.78 is 18.8. The highest BCUT2D eigenvalue weighted by Crippen LogP contribution is 2.32. The molecule has 2 amide bonds. The summed E-state index contributed by atoms with van der Waals surface area (Å²) in [5, 5.41) is 5.92. The van der Waals surface area contributed by atoms with Crippen molar-refractivity contribution in [3.05, 3.63) is 47.9 Å². The second kappa shape index (κ2) is 9.07. The number of carbonyl (C=O) groups excluding carboxylic acids is 2. The van der Waals surface area contributed by atoms with E-state index in [2.05, 4.69) is 15.1 Å². The number of hydrogen-bond donors (Lipinski definition) is 1. The third-order valence-electron chi connectivity index (χ3n) is 5.42. The molecule has 0 saturated carbocycles. The molecule has 2 aliphatic heterocycles. The Hall–Kier alpha value is -3.56. The van der Waals surface area contributed by atoms with Crippen molar-refractivity contribution in [2.75, 3.05) is 24.6 Å². The van der Waals surface area contributed by atoms with Crippen LogP contribution in [-0.2, 0) is 9.59 Å². The first-order valence-electron chi connectivity index (χ1n) is 10.1. The number of nitrogens with zero attached hydrogens (tertiary/aromatic N) is 5. The number of aromatic nitrogens is 2. The van der Waals surface area contributed by atoms with E-state index in [1.807, 2.05) is 35.2 Å². The molecule has 1 saturated heterocycles. The number of rotatable bonds is 6. The summed E-state index contributed by atoms with van der Waals surface area (Å²) in [7, 11) is 0. The number of anilines is 1. The molecule has 0 radical (unpaired) electrons. The Balaban J connectivity index is 1.38. The standard InChI is InChI=1S/C21H23FN6O3/c22-16-12-24-21(26-19(16)31-13-18(23)29)27-10-7-15(8-11-27)20(30)28-17(6-9-25-28)14-4-2-1-3-5-14/h1-5,9,12,15,17H,6-8,10-11,13H2,(H2,23,29). The zero-order valence-corrected chi connectivity index (χ0v) is 16.9. The molecule has 1 aromatic heterocycles. The van der Waals surface area contributed by atoms with Gasteiger partial charge in [0.25, 0.3) is 11.8 Å². The summed E-state index contributed by atoms with van der Waals surface area (Å²) in [6.07, 6.45) is 4.69. The van der Waals surface area contributed by atoms with Crippen LogP contribution in [0.15, 0.2) is 41.6 Å². The SMILES string of the molecule is NC(=O)COc1nc(N2CCC(C(=O)N3N=CCC3c3ccccc3)CC2)ncc1F. The average molecular weight is 426 g/mol. The molecule has 2 aromatic rings. The van der Waals surface area contributed by atoms with Crippen molar-refractivity contribution in [1.82, 2.24) is 15.0 Å². The number of ether oxygens (including phenoxy) is 1. The molecule has 9 nitrogen and oxygen atoms in total. The van der Waals surface area contributed by atoms with Gasteiger partial charge in [-0.2, -0.15) is 14.5 Å². The predicted octanol–water partition coefficient (Wildman–Crippen LogP) is 1.66. The molecular formula is C21H23FN6O3. The molecule has 0 bridgehead atoms. The molecule has 1 atom stereocenters. The van der Waals surface area contributed by atoms with Gasteiger partial charge in [0.05, 0.1) is 12.2 Å². The fourth-order valence-corrected chi connectivity index (χ4v) is 3.83. The molecule has 31 heavy (non-hydrogen) atoms. The van der Waals surface area contributed by atoms with Gasteiger partial charge in [0.15, 0.2) is 6.61 Å². The van der Waals surface area contributed by atoms with E-state index in [9.17, 15) is 14.0 Å². The molecule has 10 heteroatoms. The van der Waals surface area contributed by atoms with Crippen molar-refractivity contribution in [3.8, 4) is 5.88 Å². The number of carbonyl (C=O) groups is 2. The Labute approximate surface area is 178 Å². The van der Waals surface area contributed by atoms with Gasteiger partial charge in [0.1, 0.15) is 0 Å². The van der Waals surface area contributed by atoms with Crippen molar-refractivity contribution in [2.45, 2.75) is 25.3 Å². The van der Waals surface area contributed by atoms with Crippen LogP contribution in [0.4, 0.5) is 10.3 Å². The lowest BCUT2D eigenvalue weighted by Gasteiger charge is -2.33. The molecule has 2 aliphatic rings. The Kier molecular flexibility index (Phi) is 6.06. The van der Waals surface area contributed by atoms with E-state index < -0.39 is 18.3 Å². The number of benzene rings is 1. The van der Waals surface area contributed by atoms with Crippen molar-refractivity contribution in [3.63, 3.8) is 0 Å². The van der Waals surface area contributed by atoms with Crippen LogP contribution in [-0.4, -0.2) is 52.7 Å². The first-order valence-corrected chi connectivity index (χ1v) is 10.1. The maximum atomic E-state index is 13.8. The first-order chi connectivity index (χ1) is 15.0. The van der Waals surface area contributed by atoms with Crippen LogP contribution in [0.5, 0.6) is 5.88 Å². The van der Waals surface area contributed by atoms with Crippen molar-refractivity contribution < 1.29 is 18.7 Å². The molecule has 3 heterocycles. The van der Waals surface area contributed by atoms with Crippen LogP contribution in [0.1, 0.15) is 30.9 Å². The van der Waals surface area contributed by atoms with Gasteiger partial charge in [-0.3, -0.25) is 9.59 Å². The van der Waals surface area contributed by atoms with Crippen molar-refractivity contribution >= 4 is 24.0 Å². The van der Waals surface area contributed by atoms with Gasteiger partial charge in [0, 0.05) is 31.6 Å². The van der Waals surface area contributed by atoms with E-state index >= 15 is 0 Å². The minimum atomic E-state index is -0.770. The van der Waals surface area contributed by atoms with Gasteiger partial charge in [-0.1, -0.05) is 30.3 Å². The lowest BCUT2D eigenvalue weighted by molar-refractivity contribution is -0.138. The number of piperidine rings is 1. The molecule has 1 aromatic carbocycles. The maximum Gasteiger partial charge on any atom is 0.255 e. The fourth-order valence-electron chi connectivity index (χ4n) is 3.83. The third-order valence-corrected chi connectivity index (χ3v) is 5.42. The summed E-state index contributed by atoms with van der Waals surface area (Å²) in [6, 6.07) is 9.80. The average Bonchev–Trinajstić information content (AvgIpc) is 3.29. The second-order valence-electron chi connectivity index (χ2n) is 7.48. The lowest BCUT2D eigenvalue weighted by atomic mass is 9.94. The zero-order chi connectivity index (χ0) is 21.8. The summed E-state index contributed by atoms with van der Waals surface area (Å²) in [6.45, 7) is 0.596. The second-order valence-corrected chi connectivity index (χ2v) is 7.48. The highest BCUT2D eigenvalue weighted by Gasteiger charge is 2.35. The number of amides is 2. The van der Waals surface area contributed by atoms with Crippen LogP contribution in [0.3, 0.4) is 0 Å². The van der Waals surface area contributed by atoms with Crippen LogP contribution < -0.4 is 15.4 Å². The summed E-state index contributed by atoms with van der Waals surface area (Å²) in [4.78, 5) is 33.9. The maximum absolute atomic E-state index is 13.8. The Morgan fingerprint density at radius 1 is 1.19 bits per heavy atom. The first kappa shape index (κ1) is 20.7. The van der Waals surface area contributed by atoms with E-state index in [1.165, 1.54) is 0 Å². The van der Waals surface area contributed by atoms with E-state index in [0.717, 1.165) is 11.8 Å². The topological polar surface area (TPSA) is 114 Å². The van der Waals surface area contributed by atoms with Crippen LogP contribution in [0.25, 0.3) is 0 Å². The predicted molar refractivity (Wildman–Crippen MR) is 111 cm³/mol. The van der Waals surface area contributed by atoms with Gasteiger partial charge in [-0.05, 0) is 18.4 Å². The lowest BCUT2D eigenvalue weighted by Crippen LogP contribution is -2.41. The molecule has 0 spiro atoms. The van der Waals surface area contributed by atoms with Gasteiger partial charge in [-0.15, -0.1) is 0 Å². The van der Waals surface area contributed by atoms with Gasteiger partial charge in [0.2, 0.25) is 17.7 Å². The van der Waals surface area contributed by atoms with Crippen LogP contribution >= 0.6 is 0 Å². The number of hydrogen-bond acceptors (Lipinski definition) is 7. The van der Waals surface area contributed by atoms with E-state index in [0.29, 0.717) is 32.4 Å². The largest absolute Gasteiger partial charge is 0.465 e. The monoisotopic (exact) mass is 426 g/mol. The van der Waals surface area contributed by atoms with Crippen LogP contribution in [0, 0.1) is 11.7 Å². The summed E-state index contributed by atoms with van der Waals surface area (Å²) in [5.74, 6) is -1.69. The normalized spacial score (nSPS) is 18.9. The third kappa shape index (κ3) is 4.62. The molecule has 1 unspecified atom stereocenters. The zero-order valence-electron chi connectivity index (χ0n) is 16.9. The number of hydrazone groups is 1. The fraction of sp³-hybridized carbons (Fsp3) is 0.381. The van der Waals surface area contributed by atoms with Crippen molar-refractivity contribution in [1.29, 1.82) is 0 Å². The highest BCUT2D eigenvalue weighted by molar-refractivity contribution is 5.82. The summed E-state index contributed by atoms with van der Waals surface area (Å²) >= 11 is 0. The summed E-state index contributed by atoms with van der Waals surface area (Å²) in [5.41, 5.74) is 6.09. The van der Waals surface area contributed by atoms with Crippen molar-refractivity contribution in [2.24, 2.45) is 16.8 Å². The number of primary amides is 1. The van der Waals surface area contributed by atoms with E-state index in [-0.39, 0.29) is 29.7 Å². The Morgan fingerprint density at radius 2 is 1.94 bits per heavy atom. The number of halogens is 1. The molecule has 4 rings (SSSR count). The van der Waals surface area contributed by atoms with Gasteiger partial charge in [-0.25, -0.2) is 9.99 Å². The molecule has 1 fully saturated rings. The molecule has 2 N–H and O–H groups in total. The number of nitrogens with two attached hydrogens (primary N) is 1. The Morgan fingerprint density at radius 3 is 2.65 bits per heavy atom. The van der Waals surface area contributed by atoms with E-state index in [4.69, 9.17) is 10.5 Å². The molecule has 0 aliphatic carbocycles. The Bertz CT molecular complexity index is 978. The van der Waals surface area contributed by atoms with Gasteiger partial charge >= 0.3 is 0 Å².